The third-order valence-electron chi connectivity index (χ3n) is 3.51. The number of nitrogens with zero attached hydrogens (tertiary/aromatic N) is 1. The van der Waals surface area contributed by atoms with E-state index in [1.165, 1.54) is 18.2 Å². The van der Waals surface area contributed by atoms with Gasteiger partial charge in [-0.25, -0.2) is 4.39 Å². The Morgan fingerprint density at radius 2 is 2.00 bits per heavy atom. The van der Waals surface area contributed by atoms with Crippen LogP contribution < -0.4 is 0 Å². The van der Waals surface area contributed by atoms with Crippen LogP contribution in [0, 0.1) is 5.82 Å². The second-order valence-corrected chi connectivity index (χ2v) is 6.00. The molecular weight excluding hydrogens is 325 g/mol. The van der Waals surface area contributed by atoms with E-state index in [-0.39, 0.29) is 41.7 Å². The van der Waals surface area contributed by atoms with E-state index in [0.717, 1.165) is 0 Å². The van der Waals surface area contributed by atoms with Crippen LogP contribution in [0.2, 0.25) is 5.02 Å². The molecule has 23 heavy (non-hydrogen) atoms. The molecule has 1 amide bonds. The molecule has 1 aliphatic heterocycles. The van der Waals surface area contributed by atoms with Crippen molar-refractivity contribution in [1.29, 1.82) is 0 Å². The number of benzene rings is 1. The molecule has 1 saturated heterocycles. The minimum atomic E-state index is -0.695. The lowest BCUT2D eigenvalue weighted by Crippen LogP contribution is -2.49. The highest BCUT2D eigenvalue weighted by atomic mass is 35.5. The molecule has 0 saturated carbocycles. The molecule has 0 unspecified atom stereocenters. The highest BCUT2D eigenvalue weighted by molar-refractivity contribution is 6.31. The van der Waals surface area contributed by atoms with Crippen LogP contribution in [0.3, 0.4) is 0 Å². The average Bonchev–Trinajstić information content (AvgIpc) is 2.47. The molecule has 2 rings (SSSR count). The summed E-state index contributed by atoms with van der Waals surface area (Å²) in [6.07, 6.45) is -0.430. The maximum absolute atomic E-state index is 13.6. The Morgan fingerprint density at radius 3 is 2.61 bits per heavy atom. The number of morpholine rings is 1. The predicted octanol–water partition coefficient (Wildman–Crippen LogP) is 2.20. The molecule has 5 nitrogen and oxygen atoms in total. The fourth-order valence-corrected chi connectivity index (χ4v) is 2.74. The standard InChI is InChI=1S/C16H19ClFNO4/c1-10-7-19(8-11(2)23-10)15(20)9-22-16(21)6-12-13(17)4-3-5-14(12)18/h3-5,10-11H,6-9H2,1-2H3/t10-,11-/m0/s1. The van der Waals surface area contributed by atoms with E-state index >= 15 is 0 Å². The molecule has 0 aliphatic carbocycles. The first-order valence-corrected chi connectivity index (χ1v) is 7.76. The normalized spacial score (nSPS) is 21.1. The van der Waals surface area contributed by atoms with Gasteiger partial charge >= 0.3 is 5.97 Å². The molecule has 0 bridgehead atoms. The third-order valence-corrected chi connectivity index (χ3v) is 3.87. The SMILES string of the molecule is C[C@H]1CN(C(=O)COC(=O)Cc2c(F)cccc2Cl)C[C@H](C)O1. The largest absolute Gasteiger partial charge is 0.455 e. The van der Waals surface area contributed by atoms with Gasteiger partial charge in [0.15, 0.2) is 6.61 Å². The number of halogens is 2. The van der Waals surface area contributed by atoms with Gasteiger partial charge in [0.25, 0.3) is 5.91 Å². The molecule has 0 spiro atoms. The lowest BCUT2D eigenvalue weighted by Gasteiger charge is -2.35. The van der Waals surface area contributed by atoms with Crippen molar-refractivity contribution < 1.29 is 23.5 Å². The average molecular weight is 344 g/mol. The van der Waals surface area contributed by atoms with Crippen molar-refractivity contribution in [2.24, 2.45) is 0 Å². The fourth-order valence-electron chi connectivity index (χ4n) is 2.51. The van der Waals surface area contributed by atoms with Crippen molar-refractivity contribution in [2.75, 3.05) is 19.7 Å². The minimum absolute atomic E-state index is 0.0596. The van der Waals surface area contributed by atoms with Crippen molar-refractivity contribution in [1.82, 2.24) is 4.90 Å². The van der Waals surface area contributed by atoms with Crippen molar-refractivity contribution in [2.45, 2.75) is 32.5 Å². The fraction of sp³-hybridized carbons (Fsp3) is 0.500. The van der Waals surface area contributed by atoms with Gasteiger partial charge in [-0.05, 0) is 26.0 Å². The molecule has 0 radical (unpaired) electrons. The van der Waals surface area contributed by atoms with Crippen molar-refractivity contribution in [3.05, 3.63) is 34.6 Å². The van der Waals surface area contributed by atoms with E-state index in [2.05, 4.69) is 0 Å². The number of esters is 1. The molecule has 1 fully saturated rings. The number of carbonyl (C=O) groups excluding carboxylic acids is 2. The van der Waals surface area contributed by atoms with Crippen molar-refractivity contribution >= 4 is 23.5 Å². The molecular formula is C16H19ClFNO4. The predicted molar refractivity (Wildman–Crippen MR) is 82.7 cm³/mol. The van der Waals surface area contributed by atoms with E-state index in [4.69, 9.17) is 21.1 Å². The molecule has 126 valence electrons. The Hall–Kier alpha value is -1.66. The van der Waals surface area contributed by atoms with Gasteiger partial charge < -0.3 is 14.4 Å². The van der Waals surface area contributed by atoms with Gasteiger partial charge in [0.05, 0.1) is 18.6 Å². The summed E-state index contributed by atoms with van der Waals surface area (Å²) in [6.45, 7) is 4.30. The van der Waals surface area contributed by atoms with Crippen LogP contribution in [0.5, 0.6) is 0 Å². The zero-order valence-corrected chi connectivity index (χ0v) is 13.8. The van der Waals surface area contributed by atoms with E-state index in [1.807, 2.05) is 13.8 Å². The quantitative estimate of drug-likeness (QED) is 0.786. The first-order valence-electron chi connectivity index (χ1n) is 7.38. The first kappa shape index (κ1) is 17.7. The summed E-state index contributed by atoms with van der Waals surface area (Å²) in [5.41, 5.74) is 0.0697. The summed E-state index contributed by atoms with van der Waals surface area (Å²) in [5, 5.41) is 0.157. The summed E-state index contributed by atoms with van der Waals surface area (Å²) < 4.78 is 24.1. The van der Waals surface area contributed by atoms with Gasteiger partial charge in [0.1, 0.15) is 5.82 Å². The summed E-state index contributed by atoms with van der Waals surface area (Å²) in [7, 11) is 0. The van der Waals surface area contributed by atoms with Gasteiger partial charge in [-0.2, -0.15) is 0 Å². The monoisotopic (exact) mass is 343 g/mol. The van der Waals surface area contributed by atoms with Crippen LogP contribution in [0.25, 0.3) is 0 Å². The van der Waals surface area contributed by atoms with Gasteiger partial charge in [-0.3, -0.25) is 9.59 Å². The summed E-state index contributed by atoms with van der Waals surface area (Å²) in [4.78, 5) is 25.5. The minimum Gasteiger partial charge on any atom is -0.455 e. The lowest BCUT2D eigenvalue weighted by molar-refractivity contribution is -0.156. The molecule has 1 heterocycles. The molecule has 1 aromatic carbocycles. The molecule has 1 aromatic rings. The second-order valence-electron chi connectivity index (χ2n) is 5.59. The zero-order chi connectivity index (χ0) is 17.0. The number of rotatable bonds is 4. The van der Waals surface area contributed by atoms with Gasteiger partial charge in [0, 0.05) is 23.7 Å². The van der Waals surface area contributed by atoms with Crippen LogP contribution in [-0.4, -0.2) is 48.7 Å². The van der Waals surface area contributed by atoms with E-state index < -0.39 is 11.8 Å². The number of ether oxygens (including phenoxy) is 2. The van der Waals surface area contributed by atoms with Crippen LogP contribution in [0.15, 0.2) is 18.2 Å². The van der Waals surface area contributed by atoms with Crippen molar-refractivity contribution in [3.8, 4) is 0 Å². The number of hydrogen-bond acceptors (Lipinski definition) is 4. The van der Waals surface area contributed by atoms with Crippen molar-refractivity contribution in [3.63, 3.8) is 0 Å². The van der Waals surface area contributed by atoms with Crippen LogP contribution >= 0.6 is 11.6 Å². The Bertz CT molecular complexity index is 565. The number of amides is 1. The topological polar surface area (TPSA) is 55.8 Å². The molecule has 0 N–H and O–H groups in total. The lowest BCUT2D eigenvalue weighted by atomic mass is 10.1. The zero-order valence-electron chi connectivity index (χ0n) is 13.1. The third kappa shape index (κ3) is 4.91. The first-order chi connectivity index (χ1) is 10.9. The summed E-state index contributed by atoms with van der Waals surface area (Å²) >= 11 is 5.85. The van der Waals surface area contributed by atoms with Gasteiger partial charge in [-0.1, -0.05) is 17.7 Å². The van der Waals surface area contributed by atoms with Gasteiger partial charge in [-0.15, -0.1) is 0 Å². The Balaban J connectivity index is 1.85. The summed E-state index contributed by atoms with van der Waals surface area (Å²) in [5.74, 6) is -1.56. The highest BCUT2D eigenvalue weighted by Gasteiger charge is 2.26. The van der Waals surface area contributed by atoms with E-state index in [0.29, 0.717) is 13.1 Å². The van der Waals surface area contributed by atoms with E-state index in [9.17, 15) is 14.0 Å². The molecule has 1 aliphatic rings. The number of carbonyl (C=O) groups is 2. The molecule has 2 atom stereocenters. The summed E-state index contributed by atoms with van der Waals surface area (Å²) in [6, 6.07) is 4.17. The highest BCUT2D eigenvalue weighted by Crippen LogP contribution is 2.19. The number of hydrogen-bond donors (Lipinski definition) is 0. The Morgan fingerprint density at radius 1 is 1.35 bits per heavy atom. The maximum atomic E-state index is 13.6. The Kier molecular flexibility index (Phi) is 5.96. The van der Waals surface area contributed by atoms with Crippen LogP contribution in [0.4, 0.5) is 4.39 Å². The molecule has 7 heteroatoms. The van der Waals surface area contributed by atoms with Gasteiger partial charge in [0.2, 0.25) is 0 Å². The molecule has 0 aromatic heterocycles. The smallest absolute Gasteiger partial charge is 0.310 e. The van der Waals surface area contributed by atoms with E-state index in [1.54, 1.807) is 4.90 Å². The van der Waals surface area contributed by atoms with Crippen LogP contribution in [0.1, 0.15) is 19.4 Å². The Labute approximate surface area is 139 Å². The maximum Gasteiger partial charge on any atom is 0.310 e. The second kappa shape index (κ2) is 7.75. The van der Waals surface area contributed by atoms with Crippen LogP contribution in [-0.2, 0) is 25.5 Å².